The molecule has 0 bridgehead atoms. The van der Waals surface area contributed by atoms with E-state index in [0.29, 0.717) is 10.8 Å². The number of nitrogens with one attached hydrogen (secondary N) is 1. The molecule has 1 heterocycles. The lowest BCUT2D eigenvalue weighted by Crippen LogP contribution is -2.47. The SMILES string of the molecule is O=C(COc1ccc(Br)cc1)NN1C(=O)c2ccc([N+](=O)[O-])cc2C1=O. The number of hydrogen-bond donors (Lipinski definition) is 1. The summed E-state index contributed by atoms with van der Waals surface area (Å²) in [6.07, 6.45) is 0. The maximum absolute atomic E-state index is 12.3. The Morgan fingerprint density at radius 3 is 2.42 bits per heavy atom. The number of hydrazine groups is 1. The van der Waals surface area contributed by atoms with Crippen molar-refractivity contribution in [2.24, 2.45) is 0 Å². The number of carbonyl (C=O) groups excluding carboxylic acids is 3. The molecule has 0 radical (unpaired) electrons. The van der Waals surface area contributed by atoms with E-state index in [9.17, 15) is 24.5 Å². The molecule has 0 saturated carbocycles. The fraction of sp³-hybridized carbons (Fsp3) is 0.0625. The first-order valence-electron chi connectivity index (χ1n) is 7.22. The van der Waals surface area contributed by atoms with Gasteiger partial charge < -0.3 is 4.74 Å². The number of nitro benzene ring substituents is 1. The van der Waals surface area contributed by atoms with Crippen LogP contribution in [0.2, 0.25) is 0 Å². The summed E-state index contributed by atoms with van der Waals surface area (Å²) in [5.41, 5.74) is 1.67. The number of carbonyl (C=O) groups is 3. The highest BCUT2D eigenvalue weighted by molar-refractivity contribution is 9.10. The summed E-state index contributed by atoms with van der Waals surface area (Å²) in [5.74, 6) is -1.90. The van der Waals surface area contributed by atoms with Crippen LogP contribution in [0.1, 0.15) is 20.7 Å². The predicted molar refractivity (Wildman–Crippen MR) is 91.4 cm³/mol. The van der Waals surface area contributed by atoms with E-state index in [4.69, 9.17) is 4.74 Å². The molecule has 0 aromatic heterocycles. The Balaban J connectivity index is 1.67. The van der Waals surface area contributed by atoms with Gasteiger partial charge in [0.15, 0.2) is 6.61 Å². The average Bonchev–Trinajstić information content (AvgIpc) is 2.85. The monoisotopic (exact) mass is 419 g/mol. The summed E-state index contributed by atoms with van der Waals surface area (Å²) in [6, 6.07) is 10.0. The van der Waals surface area contributed by atoms with Gasteiger partial charge in [0, 0.05) is 16.6 Å². The van der Waals surface area contributed by atoms with Crippen molar-refractivity contribution < 1.29 is 24.0 Å². The lowest BCUT2D eigenvalue weighted by Gasteiger charge is -2.15. The Hall–Kier alpha value is -3.27. The number of imide groups is 1. The maximum atomic E-state index is 12.3. The Morgan fingerprint density at radius 1 is 1.12 bits per heavy atom. The number of nitrogens with zero attached hydrogens (tertiary/aromatic N) is 2. The second-order valence-electron chi connectivity index (χ2n) is 5.21. The van der Waals surface area contributed by atoms with Gasteiger partial charge in [-0.25, -0.2) is 0 Å². The van der Waals surface area contributed by atoms with E-state index in [1.54, 1.807) is 24.3 Å². The highest BCUT2D eigenvalue weighted by Gasteiger charge is 2.38. The molecule has 0 aliphatic carbocycles. The van der Waals surface area contributed by atoms with Gasteiger partial charge in [-0.2, -0.15) is 5.01 Å². The third kappa shape index (κ3) is 3.40. The first kappa shape index (κ1) is 17.5. The summed E-state index contributed by atoms with van der Waals surface area (Å²) in [5, 5.41) is 11.3. The first-order valence-corrected chi connectivity index (χ1v) is 8.01. The molecule has 0 spiro atoms. The van der Waals surface area contributed by atoms with E-state index < -0.39 is 29.3 Å². The van der Waals surface area contributed by atoms with Gasteiger partial charge in [0.1, 0.15) is 5.75 Å². The van der Waals surface area contributed by atoms with Crippen LogP contribution in [-0.2, 0) is 4.79 Å². The molecule has 0 saturated heterocycles. The second-order valence-corrected chi connectivity index (χ2v) is 6.13. The van der Waals surface area contributed by atoms with Crippen LogP contribution in [0.5, 0.6) is 5.75 Å². The molecule has 0 fully saturated rings. The molecular weight excluding hydrogens is 410 g/mol. The van der Waals surface area contributed by atoms with E-state index in [-0.39, 0.29) is 16.8 Å². The van der Waals surface area contributed by atoms with Crippen LogP contribution in [0.15, 0.2) is 46.9 Å². The first-order chi connectivity index (χ1) is 12.4. The average molecular weight is 420 g/mol. The fourth-order valence-electron chi connectivity index (χ4n) is 2.28. The number of nitro groups is 1. The normalized spacial score (nSPS) is 12.7. The van der Waals surface area contributed by atoms with Crippen LogP contribution in [0, 0.1) is 10.1 Å². The van der Waals surface area contributed by atoms with Gasteiger partial charge in [-0.05, 0) is 30.3 Å². The Morgan fingerprint density at radius 2 is 1.77 bits per heavy atom. The largest absolute Gasteiger partial charge is 0.484 e. The zero-order valence-corrected chi connectivity index (χ0v) is 14.6. The Labute approximate surface area is 154 Å². The predicted octanol–water partition coefficient (Wildman–Crippen LogP) is 2.06. The summed E-state index contributed by atoms with van der Waals surface area (Å²) < 4.78 is 6.10. The molecule has 3 amide bonds. The summed E-state index contributed by atoms with van der Waals surface area (Å²) in [4.78, 5) is 46.5. The lowest BCUT2D eigenvalue weighted by molar-refractivity contribution is -0.384. The standard InChI is InChI=1S/C16H10BrN3O6/c17-9-1-4-11(5-2-9)26-8-14(21)18-19-15(22)12-6-3-10(20(24)25)7-13(12)16(19)23/h1-7H,8H2,(H,18,21). The molecule has 2 aromatic carbocycles. The van der Waals surface area contributed by atoms with Crippen molar-refractivity contribution in [2.45, 2.75) is 0 Å². The van der Waals surface area contributed by atoms with E-state index in [0.717, 1.165) is 16.6 Å². The molecule has 3 rings (SSSR count). The van der Waals surface area contributed by atoms with E-state index >= 15 is 0 Å². The molecule has 0 unspecified atom stereocenters. The highest BCUT2D eigenvalue weighted by atomic mass is 79.9. The number of hydrogen-bond acceptors (Lipinski definition) is 6. The minimum atomic E-state index is -0.842. The smallest absolute Gasteiger partial charge is 0.280 e. The van der Waals surface area contributed by atoms with Crippen LogP contribution in [-0.4, -0.2) is 34.3 Å². The number of rotatable bonds is 5. The molecular formula is C16H10BrN3O6. The van der Waals surface area contributed by atoms with Crippen LogP contribution in [0.3, 0.4) is 0 Å². The van der Waals surface area contributed by atoms with E-state index in [1.165, 1.54) is 6.07 Å². The number of non-ortho nitro benzene ring substituents is 1. The third-order valence-electron chi connectivity index (χ3n) is 3.50. The van der Waals surface area contributed by atoms with Crippen molar-refractivity contribution in [3.8, 4) is 5.75 Å². The molecule has 26 heavy (non-hydrogen) atoms. The summed E-state index contributed by atoms with van der Waals surface area (Å²) in [7, 11) is 0. The van der Waals surface area contributed by atoms with Crippen LogP contribution in [0.25, 0.3) is 0 Å². The van der Waals surface area contributed by atoms with Crippen LogP contribution >= 0.6 is 15.9 Å². The van der Waals surface area contributed by atoms with Crippen LogP contribution < -0.4 is 10.2 Å². The summed E-state index contributed by atoms with van der Waals surface area (Å²) >= 11 is 3.27. The zero-order valence-electron chi connectivity index (χ0n) is 13.0. The van der Waals surface area contributed by atoms with Gasteiger partial charge in [0.2, 0.25) is 0 Å². The quantitative estimate of drug-likeness (QED) is 0.450. The minimum absolute atomic E-state index is 0.0188. The third-order valence-corrected chi connectivity index (χ3v) is 4.03. The Kier molecular flexibility index (Phi) is 4.67. The molecule has 1 N–H and O–H groups in total. The van der Waals surface area contributed by atoms with Gasteiger partial charge in [0.05, 0.1) is 16.1 Å². The molecule has 1 aliphatic rings. The molecule has 132 valence electrons. The summed E-state index contributed by atoms with van der Waals surface area (Å²) in [6.45, 7) is -0.421. The minimum Gasteiger partial charge on any atom is -0.484 e. The molecule has 9 nitrogen and oxygen atoms in total. The topological polar surface area (TPSA) is 119 Å². The number of amides is 3. The van der Waals surface area contributed by atoms with Gasteiger partial charge in [0.25, 0.3) is 23.4 Å². The van der Waals surface area contributed by atoms with Crippen molar-refractivity contribution >= 4 is 39.3 Å². The molecule has 1 aliphatic heterocycles. The number of halogens is 1. The molecule has 0 atom stereocenters. The van der Waals surface area contributed by atoms with E-state index in [2.05, 4.69) is 21.4 Å². The number of benzene rings is 2. The van der Waals surface area contributed by atoms with Crippen molar-refractivity contribution in [3.63, 3.8) is 0 Å². The zero-order chi connectivity index (χ0) is 18.8. The lowest BCUT2D eigenvalue weighted by atomic mass is 10.1. The van der Waals surface area contributed by atoms with E-state index in [1.807, 2.05) is 0 Å². The maximum Gasteiger partial charge on any atom is 0.280 e. The fourth-order valence-corrected chi connectivity index (χ4v) is 2.54. The number of fused-ring (bicyclic) bond motifs is 1. The van der Waals surface area contributed by atoms with Crippen LogP contribution in [0.4, 0.5) is 5.69 Å². The van der Waals surface area contributed by atoms with Crippen molar-refractivity contribution in [1.29, 1.82) is 0 Å². The van der Waals surface area contributed by atoms with Crippen molar-refractivity contribution in [3.05, 3.63) is 68.2 Å². The Bertz CT molecular complexity index is 928. The number of ether oxygens (including phenoxy) is 1. The second kappa shape index (κ2) is 6.92. The van der Waals surface area contributed by atoms with Crippen molar-refractivity contribution in [1.82, 2.24) is 10.4 Å². The van der Waals surface area contributed by atoms with Gasteiger partial charge in [-0.1, -0.05) is 15.9 Å². The van der Waals surface area contributed by atoms with Gasteiger partial charge in [-0.15, -0.1) is 0 Å². The highest BCUT2D eigenvalue weighted by Crippen LogP contribution is 2.25. The van der Waals surface area contributed by atoms with Gasteiger partial charge in [-0.3, -0.25) is 29.9 Å². The van der Waals surface area contributed by atoms with Crippen molar-refractivity contribution in [2.75, 3.05) is 6.61 Å². The molecule has 10 heteroatoms. The van der Waals surface area contributed by atoms with Gasteiger partial charge >= 0.3 is 0 Å². The molecule has 2 aromatic rings.